The van der Waals surface area contributed by atoms with Crippen molar-refractivity contribution in [2.75, 3.05) is 7.11 Å². The average molecular weight is 255 g/mol. The first-order chi connectivity index (χ1) is 8.49. The molecule has 1 aromatic rings. The summed E-state index contributed by atoms with van der Waals surface area (Å²) in [7, 11) is 1.35. The second kappa shape index (κ2) is 6.00. The molecule has 0 aromatic heterocycles. The topological polar surface area (TPSA) is 75.6 Å². The smallest absolute Gasteiger partial charge is 0.326 e. The highest BCUT2D eigenvalue weighted by Gasteiger charge is 2.21. The fourth-order valence-electron chi connectivity index (χ4n) is 1.43. The second-order valence-corrected chi connectivity index (χ2v) is 3.62. The maximum absolute atomic E-state index is 13.1. The van der Waals surface area contributed by atoms with Gasteiger partial charge in [0.1, 0.15) is 17.6 Å². The van der Waals surface area contributed by atoms with Crippen LogP contribution in [0.3, 0.4) is 0 Å². The van der Waals surface area contributed by atoms with E-state index < -0.39 is 23.7 Å². The largest absolute Gasteiger partial charge is 0.496 e. The Kier molecular flexibility index (Phi) is 4.65. The van der Waals surface area contributed by atoms with Gasteiger partial charge in [0.15, 0.2) is 0 Å². The number of carboxylic acids is 1. The van der Waals surface area contributed by atoms with E-state index in [0.29, 0.717) is 0 Å². The van der Waals surface area contributed by atoms with Crippen LogP contribution in [0.4, 0.5) is 4.39 Å². The quantitative estimate of drug-likeness (QED) is 0.834. The number of hydrogen-bond donors (Lipinski definition) is 2. The molecule has 0 aliphatic carbocycles. The van der Waals surface area contributed by atoms with Crippen LogP contribution in [0.1, 0.15) is 23.7 Å². The molecule has 0 bridgehead atoms. The van der Waals surface area contributed by atoms with Crippen LogP contribution in [-0.2, 0) is 4.79 Å². The summed E-state index contributed by atoms with van der Waals surface area (Å²) >= 11 is 0. The average Bonchev–Trinajstić information content (AvgIpc) is 2.35. The molecule has 0 saturated carbocycles. The molecule has 1 amide bonds. The van der Waals surface area contributed by atoms with Crippen LogP contribution in [0.5, 0.6) is 5.75 Å². The Morgan fingerprint density at radius 3 is 2.67 bits per heavy atom. The van der Waals surface area contributed by atoms with Crippen LogP contribution >= 0.6 is 0 Å². The van der Waals surface area contributed by atoms with E-state index in [4.69, 9.17) is 9.84 Å². The number of amides is 1. The number of nitrogens with one attached hydrogen (secondary N) is 1. The van der Waals surface area contributed by atoms with E-state index in [2.05, 4.69) is 5.32 Å². The van der Waals surface area contributed by atoms with Crippen LogP contribution in [0.25, 0.3) is 0 Å². The number of halogens is 1. The van der Waals surface area contributed by atoms with Crippen LogP contribution < -0.4 is 10.1 Å². The highest BCUT2D eigenvalue weighted by Crippen LogP contribution is 2.19. The van der Waals surface area contributed by atoms with Gasteiger partial charge in [0.05, 0.1) is 12.7 Å². The molecule has 0 radical (unpaired) electrons. The molecule has 0 aliphatic rings. The van der Waals surface area contributed by atoms with Crippen molar-refractivity contribution in [1.29, 1.82) is 0 Å². The lowest BCUT2D eigenvalue weighted by molar-refractivity contribution is -0.139. The van der Waals surface area contributed by atoms with Gasteiger partial charge in [0.25, 0.3) is 5.91 Å². The zero-order chi connectivity index (χ0) is 13.7. The predicted octanol–water partition coefficient (Wildman–Crippen LogP) is 1.43. The summed E-state index contributed by atoms with van der Waals surface area (Å²) < 4.78 is 18.0. The van der Waals surface area contributed by atoms with Crippen molar-refractivity contribution in [3.63, 3.8) is 0 Å². The molecule has 1 rings (SSSR count). The summed E-state index contributed by atoms with van der Waals surface area (Å²) in [5.74, 6) is -2.22. The maximum Gasteiger partial charge on any atom is 0.326 e. The van der Waals surface area contributed by atoms with Gasteiger partial charge in [-0.15, -0.1) is 0 Å². The third kappa shape index (κ3) is 3.19. The Hall–Kier alpha value is -2.11. The minimum atomic E-state index is -1.14. The van der Waals surface area contributed by atoms with Gasteiger partial charge in [-0.2, -0.15) is 0 Å². The van der Waals surface area contributed by atoms with Gasteiger partial charge in [-0.25, -0.2) is 9.18 Å². The summed E-state index contributed by atoms with van der Waals surface area (Å²) in [6, 6.07) is 2.46. The van der Waals surface area contributed by atoms with E-state index in [0.717, 1.165) is 12.1 Å². The van der Waals surface area contributed by atoms with Crippen molar-refractivity contribution < 1.29 is 23.8 Å². The molecule has 18 heavy (non-hydrogen) atoms. The number of methoxy groups -OCH3 is 1. The number of carbonyl (C=O) groups excluding carboxylic acids is 1. The van der Waals surface area contributed by atoms with Crippen LogP contribution in [0.15, 0.2) is 18.2 Å². The lowest BCUT2D eigenvalue weighted by Crippen LogP contribution is -2.40. The first-order valence-electron chi connectivity index (χ1n) is 5.36. The number of ether oxygens (including phenoxy) is 1. The molecule has 0 unspecified atom stereocenters. The van der Waals surface area contributed by atoms with E-state index in [-0.39, 0.29) is 17.7 Å². The Morgan fingerprint density at radius 2 is 2.17 bits per heavy atom. The molecular weight excluding hydrogens is 241 g/mol. The molecule has 1 aromatic carbocycles. The number of benzene rings is 1. The van der Waals surface area contributed by atoms with Crippen LogP contribution in [-0.4, -0.2) is 30.1 Å². The lowest BCUT2D eigenvalue weighted by atomic mass is 10.1. The number of hydrogen-bond acceptors (Lipinski definition) is 3. The second-order valence-electron chi connectivity index (χ2n) is 3.62. The zero-order valence-corrected chi connectivity index (χ0v) is 10.1. The molecule has 0 saturated heterocycles. The molecule has 0 aliphatic heterocycles. The van der Waals surface area contributed by atoms with Gasteiger partial charge < -0.3 is 15.2 Å². The van der Waals surface area contributed by atoms with Gasteiger partial charge in [0.2, 0.25) is 0 Å². The Balaban J connectivity index is 2.96. The van der Waals surface area contributed by atoms with Crippen LogP contribution in [0.2, 0.25) is 0 Å². The Morgan fingerprint density at radius 1 is 1.50 bits per heavy atom. The van der Waals surface area contributed by atoms with Gasteiger partial charge >= 0.3 is 5.97 Å². The molecule has 98 valence electrons. The lowest BCUT2D eigenvalue weighted by Gasteiger charge is -2.14. The van der Waals surface area contributed by atoms with Gasteiger partial charge in [0, 0.05) is 0 Å². The van der Waals surface area contributed by atoms with Crippen LogP contribution in [0, 0.1) is 5.82 Å². The highest BCUT2D eigenvalue weighted by molar-refractivity contribution is 5.98. The van der Waals surface area contributed by atoms with E-state index in [9.17, 15) is 14.0 Å². The highest BCUT2D eigenvalue weighted by atomic mass is 19.1. The van der Waals surface area contributed by atoms with E-state index >= 15 is 0 Å². The Bertz CT molecular complexity index is 461. The third-order valence-electron chi connectivity index (χ3n) is 2.42. The summed E-state index contributed by atoms with van der Waals surface area (Å²) in [5, 5.41) is 11.1. The molecule has 5 nitrogen and oxygen atoms in total. The van der Waals surface area contributed by atoms with E-state index in [1.807, 2.05) is 0 Å². The van der Waals surface area contributed by atoms with Crippen molar-refractivity contribution in [3.8, 4) is 5.75 Å². The van der Waals surface area contributed by atoms with Crippen molar-refractivity contribution in [1.82, 2.24) is 5.32 Å². The van der Waals surface area contributed by atoms with Crippen molar-refractivity contribution in [2.45, 2.75) is 19.4 Å². The van der Waals surface area contributed by atoms with Gasteiger partial charge in [-0.3, -0.25) is 4.79 Å². The van der Waals surface area contributed by atoms with Crippen molar-refractivity contribution in [2.24, 2.45) is 0 Å². The number of aliphatic carboxylic acids is 1. The van der Waals surface area contributed by atoms with E-state index in [1.54, 1.807) is 6.92 Å². The zero-order valence-electron chi connectivity index (χ0n) is 10.1. The fraction of sp³-hybridized carbons (Fsp3) is 0.333. The first-order valence-corrected chi connectivity index (χ1v) is 5.36. The fourth-order valence-corrected chi connectivity index (χ4v) is 1.43. The molecule has 0 fully saturated rings. The van der Waals surface area contributed by atoms with E-state index in [1.165, 1.54) is 13.2 Å². The number of carboxylic acid groups (broad SMARTS) is 1. The number of rotatable bonds is 5. The molecule has 6 heteroatoms. The molecular formula is C12H14FNO4. The molecule has 2 N–H and O–H groups in total. The number of carbonyl (C=O) groups is 2. The molecule has 0 heterocycles. The SMILES string of the molecule is CC[C@H](NC(=O)c1cc(F)ccc1OC)C(=O)O. The molecule has 0 spiro atoms. The monoisotopic (exact) mass is 255 g/mol. The summed E-state index contributed by atoms with van der Waals surface area (Å²) in [4.78, 5) is 22.6. The standard InChI is InChI=1S/C12H14FNO4/c1-3-9(12(16)17)14-11(15)8-6-7(13)4-5-10(8)18-2/h4-6,9H,3H2,1-2H3,(H,14,15)(H,16,17)/t9-/m0/s1. The minimum absolute atomic E-state index is 0.0304. The predicted molar refractivity (Wildman–Crippen MR) is 62.1 cm³/mol. The summed E-state index contributed by atoms with van der Waals surface area (Å²) in [6.45, 7) is 1.63. The normalized spacial score (nSPS) is 11.7. The van der Waals surface area contributed by atoms with Crippen molar-refractivity contribution in [3.05, 3.63) is 29.6 Å². The van der Waals surface area contributed by atoms with Gasteiger partial charge in [-0.05, 0) is 24.6 Å². The maximum atomic E-state index is 13.1. The van der Waals surface area contributed by atoms with Gasteiger partial charge in [-0.1, -0.05) is 6.92 Å². The van der Waals surface area contributed by atoms with Crippen molar-refractivity contribution >= 4 is 11.9 Å². The summed E-state index contributed by atoms with van der Waals surface area (Å²) in [6.07, 6.45) is 0.235. The third-order valence-corrected chi connectivity index (χ3v) is 2.42. The minimum Gasteiger partial charge on any atom is -0.496 e. The molecule has 1 atom stereocenters. The first kappa shape index (κ1) is 14.0. The Labute approximate surface area is 104 Å². The summed E-state index contributed by atoms with van der Waals surface area (Å²) in [5.41, 5.74) is -0.0304.